The van der Waals surface area contributed by atoms with Crippen molar-refractivity contribution in [1.82, 2.24) is 10.6 Å². The van der Waals surface area contributed by atoms with Gasteiger partial charge in [0.05, 0.1) is 17.7 Å². The van der Waals surface area contributed by atoms with Crippen LogP contribution < -0.4 is 45.0 Å². The molecule has 19 nitrogen and oxygen atoms in total. The molecule has 368 valence electrons. The van der Waals surface area contributed by atoms with Crippen LogP contribution in [0, 0.1) is 45.3 Å². The summed E-state index contributed by atoms with van der Waals surface area (Å²) in [7, 11) is 0. The fourth-order valence-electron chi connectivity index (χ4n) is 12.3. The number of amides is 7. The van der Waals surface area contributed by atoms with Gasteiger partial charge in [-0.1, -0.05) is 34.6 Å². The molecule has 0 aliphatic carbocycles. The van der Waals surface area contributed by atoms with E-state index >= 15 is 0 Å². The maximum Gasteiger partial charge on any atom is 0.220 e. The quantitative estimate of drug-likeness (QED) is 0.0857. The van der Waals surface area contributed by atoms with Gasteiger partial charge in [-0.15, -0.1) is 0 Å². The molecule has 0 saturated carbocycles. The maximum atomic E-state index is 13.5. The summed E-state index contributed by atoms with van der Waals surface area (Å²) in [6, 6.07) is -0.913. The lowest BCUT2D eigenvalue weighted by Crippen LogP contribution is -2.56. The van der Waals surface area contributed by atoms with Crippen molar-refractivity contribution >= 4 is 58.5 Å². The van der Waals surface area contributed by atoms with E-state index in [0.29, 0.717) is 51.8 Å². The lowest BCUT2D eigenvalue weighted by molar-refractivity contribution is -0.124. The molecule has 5 aliphatic rings. The normalized spacial score (nSPS) is 32.2. The Morgan fingerprint density at radius 3 is 1.81 bits per heavy atom. The lowest BCUT2D eigenvalue weighted by atomic mass is 9.55. The van der Waals surface area contributed by atoms with Crippen molar-refractivity contribution in [2.45, 2.75) is 151 Å². The molecule has 19 heteroatoms. The second-order valence-electron chi connectivity index (χ2n) is 21.2. The van der Waals surface area contributed by atoms with Crippen LogP contribution in [0.2, 0.25) is 0 Å². The highest BCUT2D eigenvalue weighted by molar-refractivity contribution is 6.10. The van der Waals surface area contributed by atoms with E-state index in [4.69, 9.17) is 49.4 Å². The van der Waals surface area contributed by atoms with Crippen LogP contribution in [0.3, 0.4) is 0 Å². The Morgan fingerprint density at radius 1 is 0.731 bits per heavy atom. The highest BCUT2D eigenvalue weighted by Crippen LogP contribution is 2.62. The fraction of sp³-hybridized carbons (Fsp3) is 0.667. The van der Waals surface area contributed by atoms with Crippen LogP contribution in [-0.4, -0.2) is 87.8 Å². The minimum Gasteiger partial charge on any atom is -0.392 e. The van der Waals surface area contributed by atoms with E-state index in [-0.39, 0.29) is 76.7 Å². The molecule has 0 spiro atoms. The molecule has 67 heavy (non-hydrogen) atoms. The number of aliphatic hydroxyl groups excluding tert-OH is 1. The summed E-state index contributed by atoms with van der Waals surface area (Å²) in [6.45, 7) is 16.9. The van der Waals surface area contributed by atoms with Crippen molar-refractivity contribution in [3.8, 4) is 0 Å². The van der Waals surface area contributed by atoms with E-state index in [0.717, 1.165) is 0 Å². The zero-order valence-corrected chi connectivity index (χ0v) is 40.6. The number of nitrogens with two attached hydrogens (primary N) is 6. The van der Waals surface area contributed by atoms with Gasteiger partial charge in [0.15, 0.2) is 0 Å². The standard InChI is InChI=1S/C48H73N11O8/c1-23(60)22-55-38(67)16-17-45(6)29(18-35(52)64)43-48(9)47(8,21-37(54)66)28(12-15-34(51)63)40(59-48)25(3)42-46(7,20-36(53)65)26(10-13-32(49)61)30(56-42)19-31-44(4,5)27(11-14-33(50)62)39(57-31)24(2)41(45)58-43/h19,23,26-29,43,56,60H,10-18,20-22H2,1-9H3,(H2,49,61)(H2,50,62)(H2,51,63)(H2,52,64)(H2,53,65)(H2,54,66)(H,55,67)/t23-,26+,27+,28+,29-,43?,45+,46-,47-,48-/m0/s1. The number of fused-ring (bicyclic) bond motifs is 6. The number of rotatable bonds is 20. The van der Waals surface area contributed by atoms with Crippen molar-refractivity contribution in [2.24, 2.45) is 94.7 Å². The summed E-state index contributed by atoms with van der Waals surface area (Å²) in [5.41, 5.74) is 34.9. The Labute approximate surface area is 393 Å². The highest BCUT2D eigenvalue weighted by atomic mass is 16.3. The van der Waals surface area contributed by atoms with Crippen molar-refractivity contribution in [3.63, 3.8) is 0 Å². The molecule has 0 aromatic carbocycles. The molecule has 8 bridgehead atoms. The Bertz CT molecular complexity index is 2310. The molecule has 7 amide bonds. The average molecular weight is 932 g/mol. The Kier molecular flexibility index (Phi) is 14.9. The molecule has 0 aromatic rings. The fourth-order valence-corrected chi connectivity index (χ4v) is 12.3. The van der Waals surface area contributed by atoms with Crippen LogP contribution >= 0.6 is 0 Å². The summed E-state index contributed by atoms with van der Waals surface area (Å²) in [5.74, 6) is -6.25. The number of primary amides is 6. The molecule has 0 aromatic heterocycles. The number of hydrogen-bond donors (Lipinski definition) is 9. The minimum atomic E-state index is -1.39. The summed E-state index contributed by atoms with van der Waals surface area (Å²) < 4.78 is 0. The Balaban J connectivity index is 2.00. The summed E-state index contributed by atoms with van der Waals surface area (Å²) in [6.07, 6.45) is 1.23. The molecule has 10 atom stereocenters. The molecule has 5 heterocycles. The van der Waals surface area contributed by atoms with E-state index in [1.807, 2.05) is 61.5 Å². The largest absolute Gasteiger partial charge is 0.392 e. The molecular weight excluding hydrogens is 859 g/mol. The van der Waals surface area contributed by atoms with Crippen LogP contribution in [0.5, 0.6) is 0 Å². The zero-order valence-electron chi connectivity index (χ0n) is 40.6. The predicted octanol–water partition coefficient (Wildman–Crippen LogP) is 1.74. The third kappa shape index (κ3) is 9.84. The second kappa shape index (κ2) is 19.1. The van der Waals surface area contributed by atoms with Gasteiger partial charge in [-0.2, -0.15) is 0 Å². The average Bonchev–Trinajstić information content (AvgIpc) is 3.80. The van der Waals surface area contributed by atoms with Crippen molar-refractivity contribution < 1.29 is 38.7 Å². The summed E-state index contributed by atoms with van der Waals surface area (Å²) in [5, 5.41) is 16.4. The first kappa shape index (κ1) is 52.3. The first-order valence-corrected chi connectivity index (χ1v) is 23.3. The van der Waals surface area contributed by atoms with Gasteiger partial charge in [-0.3, -0.25) is 48.5 Å². The number of aliphatic imine (C=N–C) groups is 3. The van der Waals surface area contributed by atoms with Gasteiger partial charge in [0.1, 0.15) is 0 Å². The van der Waals surface area contributed by atoms with E-state index < -0.39 is 98.5 Å². The minimum absolute atomic E-state index is 0.0237. The highest BCUT2D eigenvalue weighted by Gasteiger charge is 2.66. The van der Waals surface area contributed by atoms with Gasteiger partial charge in [-0.05, 0) is 70.6 Å². The zero-order chi connectivity index (χ0) is 50.4. The van der Waals surface area contributed by atoms with E-state index in [1.165, 1.54) is 0 Å². The summed E-state index contributed by atoms with van der Waals surface area (Å²) in [4.78, 5) is 108. The monoisotopic (exact) mass is 932 g/mol. The second-order valence-corrected chi connectivity index (χ2v) is 21.2. The van der Waals surface area contributed by atoms with E-state index in [9.17, 15) is 38.7 Å². The molecule has 5 aliphatic heterocycles. The van der Waals surface area contributed by atoms with Crippen LogP contribution in [0.1, 0.15) is 133 Å². The molecule has 1 saturated heterocycles. The number of allylic oxidation sites excluding steroid dienone is 6. The topological polar surface area (TPSA) is 357 Å². The first-order chi connectivity index (χ1) is 30.9. The first-order valence-electron chi connectivity index (χ1n) is 23.3. The SMILES string of the molecule is CC1=C2N=C(C=C3NC(=C(C)C4=N[C@@](C)(C5N=C1[C@](C)(CCC(=O)NC[C@H](C)O)[C@H]5CC(N)=O)[C@@](C)(CC(N)=O)[C@@H]4CCC(N)=O)[C@@](C)(CC(N)=O)[C@@H]3CCC(N)=O)C(C)(C)[C@@H]2CCC(N)=O. The van der Waals surface area contributed by atoms with Gasteiger partial charge in [0, 0.05) is 131 Å². The predicted molar refractivity (Wildman–Crippen MR) is 254 cm³/mol. The van der Waals surface area contributed by atoms with Crippen LogP contribution in [-0.2, 0) is 33.6 Å². The molecule has 0 radical (unpaired) electrons. The number of carbonyl (C=O) groups is 7. The number of nitrogens with zero attached hydrogens (tertiary/aromatic N) is 3. The number of aliphatic hydroxyl groups is 1. The molecule has 15 N–H and O–H groups in total. The third-order valence-electron chi connectivity index (χ3n) is 16.1. The van der Waals surface area contributed by atoms with Gasteiger partial charge < -0.3 is 50.1 Å². The van der Waals surface area contributed by atoms with E-state index in [2.05, 4.69) is 10.6 Å². The van der Waals surface area contributed by atoms with E-state index in [1.54, 1.807) is 6.92 Å². The third-order valence-corrected chi connectivity index (χ3v) is 16.1. The number of carbonyl (C=O) groups excluding carboxylic acids is 7. The van der Waals surface area contributed by atoms with Gasteiger partial charge >= 0.3 is 0 Å². The molecule has 1 fully saturated rings. The van der Waals surface area contributed by atoms with Crippen molar-refractivity contribution in [2.75, 3.05) is 6.54 Å². The van der Waals surface area contributed by atoms with Crippen LogP contribution in [0.15, 0.2) is 49.3 Å². The Morgan fingerprint density at radius 2 is 1.28 bits per heavy atom. The van der Waals surface area contributed by atoms with Crippen LogP contribution in [0.4, 0.5) is 0 Å². The molecule has 1 unspecified atom stereocenters. The number of hydrogen-bond acceptors (Lipinski definition) is 12. The maximum absolute atomic E-state index is 13.5. The summed E-state index contributed by atoms with van der Waals surface area (Å²) >= 11 is 0. The molecular formula is C48H73N11O8. The van der Waals surface area contributed by atoms with Crippen LogP contribution in [0.25, 0.3) is 0 Å². The van der Waals surface area contributed by atoms with Crippen molar-refractivity contribution in [3.05, 3.63) is 34.3 Å². The van der Waals surface area contributed by atoms with Gasteiger partial charge in [0.2, 0.25) is 41.4 Å². The van der Waals surface area contributed by atoms with Crippen molar-refractivity contribution in [1.29, 1.82) is 0 Å². The van der Waals surface area contributed by atoms with Gasteiger partial charge in [0.25, 0.3) is 0 Å². The number of nitrogens with one attached hydrogen (secondary N) is 2. The molecule has 5 rings (SSSR count). The lowest BCUT2D eigenvalue weighted by Gasteiger charge is -2.48. The van der Waals surface area contributed by atoms with Gasteiger partial charge in [-0.25, -0.2) is 0 Å². The smallest absolute Gasteiger partial charge is 0.220 e. The Hall–Kier alpha value is -5.72.